The van der Waals surface area contributed by atoms with Gasteiger partial charge in [-0.1, -0.05) is 0 Å². The highest BCUT2D eigenvalue weighted by atomic mass is 16.6. The van der Waals surface area contributed by atoms with Gasteiger partial charge in [-0.15, -0.1) is 0 Å². The number of carboxylic acid groups (broad SMARTS) is 1. The van der Waals surface area contributed by atoms with Crippen LogP contribution in [0.15, 0.2) is 12.4 Å². The van der Waals surface area contributed by atoms with Gasteiger partial charge in [0.25, 0.3) is 6.47 Å². The Balaban J connectivity index is 0.000000816. The lowest BCUT2D eigenvalue weighted by Crippen LogP contribution is -2.43. The fourth-order valence-corrected chi connectivity index (χ4v) is 2.19. The lowest BCUT2D eigenvalue weighted by molar-refractivity contribution is -0.124. The Morgan fingerprint density at radius 3 is 2.87 bits per heavy atom. The van der Waals surface area contributed by atoms with Gasteiger partial charge in [-0.25, -0.2) is 9.78 Å². The number of cyclic esters (lactones) is 1. The highest BCUT2D eigenvalue weighted by molar-refractivity contribution is 5.80. The molecule has 9 nitrogen and oxygen atoms in total. The minimum Gasteiger partial charge on any atom is -0.483 e. The molecule has 1 aliphatic heterocycles. The molecule has 0 aromatic carbocycles. The van der Waals surface area contributed by atoms with Crippen LogP contribution in [0, 0.1) is 6.92 Å². The van der Waals surface area contributed by atoms with Gasteiger partial charge in [0.1, 0.15) is 11.9 Å². The molecule has 0 spiro atoms. The fraction of sp³-hybridized carbons (Fsp3) is 0.571. The van der Waals surface area contributed by atoms with E-state index in [-0.39, 0.29) is 24.5 Å². The van der Waals surface area contributed by atoms with Crippen LogP contribution in [0.1, 0.15) is 25.2 Å². The maximum absolute atomic E-state index is 12.0. The number of carbonyl (C=O) groups is 3. The molecule has 1 fully saturated rings. The lowest BCUT2D eigenvalue weighted by atomic mass is 10.3. The summed E-state index contributed by atoms with van der Waals surface area (Å²) < 4.78 is 6.74. The van der Waals surface area contributed by atoms with Crippen LogP contribution in [0.2, 0.25) is 0 Å². The third-order valence-corrected chi connectivity index (χ3v) is 3.40. The van der Waals surface area contributed by atoms with Gasteiger partial charge in [0.05, 0.1) is 6.61 Å². The summed E-state index contributed by atoms with van der Waals surface area (Å²) in [6, 6.07) is -0.314. The molecule has 2 heterocycles. The smallest absolute Gasteiger partial charge is 0.409 e. The second kappa shape index (κ2) is 9.44. The number of carbonyl (C=O) groups excluding carboxylic acids is 2. The van der Waals surface area contributed by atoms with Crippen molar-refractivity contribution in [1.29, 1.82) is 0 Å². The van der Waals surface area contributed by atoms with Crippen molar-refractivity contribution < 1.29 is 24.2 Å². The van der Waals surface area contributed by atoms with E-state index in [0.29, 0.717) is 26.2 Å². The second-order valence-corrected chi connectivity index (χ2v) is 4.91. The number of hydrogen-bond acceptors (Lipinski definition) is 5. The number of hydrogen-bond donors (Lipinski definition) is 2. The number of nitrogens with zero attached hydrogens (tertiary/aromatic N) is 3. The van der Waals surface area contributed by atoms with E-state index < -0.39 is 0 Å². The van der Waals surface area contributed by atoms with E-state index in [1.165, 1.54) is 0 Å². The Hall–Kier alpha value is -2.58. The van der Waals surface area contributed by atoms with E-state index in [2.05, 4.69) is 10.3 Å². The van der Waals surface area contributed by atoms with E-state index in [1.807, 2.05) is 18.4 Å². The zero-order valence-electron chi connectivity index (χ0n) is 13.3. The summed E-state index contributed by atoms with van der Waals surface area (Å²) in [4.78, 5) is 37.5. The first-order valence-corrected chi connectivity index (χ1v) is 7.28. The van der Waals surface area contributed by atoms with Gasteiger partial charge in [-0.05, 0) is 20.3 Å². The van der Waals surface area contributed by atoms with Crippen molar-refractivity contribution in [1.82, 2.24) is 19.8 Å². The molecule has 9 heteroatoms. The van der Waals surface area contributed by atoms with Gasteiger partial charge in [0.15, 0.2) is 0 Å². The van der Waals surface area contributed by atoms with E-state index in [0.717, 1.165) is 12.2 Å². The van der Waals surface area contributed by atoms with Crippen LogP contribution in [0.25, 0.3) is 0 Å². The van der Waals surface area contributed by atoms with Gasteiger partial charge in [-0.3, -0.25) is 9.59 Å². The quantitative estimate of drug-likeness (QED) is 0.758. The van der Waals surface area contributed by atoms with Gasteiger partial charge in [-0.2, -0.15) is 0 Å². The van der Waals surface area contributed by atoms with E-state index in [4.69, 9.17) is 14.6 Å². The molecule has 0 aliphatic carbocycles. The normalized spacial score (nSPS) is 15.0. The van der Waals surface area contributed by atoms with E-state index in [1.54, 1.807) is 17.3 Å². The van der Waals surface area contributed by atoms with Crippen molar-refractivity contribution in [2.45, 2.75) is 26.3 Å². The molecular formula is C14H22N4O5. The highest BCUT2D eigenvalue weighted by Crippen LogP contribution is 2.08. The third kappa shape index (κ3) is 5.61. The molecule has 23 heavy (non-hydrogen) atoms. The van der Waals surface area contributed by atoms with Crippen LogP contribution in [0.3, 0.4) is 0 Å². The average molecular weight is 326 g/mol. The number of aromatic nitrogens is 2. The number of amides is 2. The van der Waals surface area contributed by atoms with Gasteiger partial charge >= 0.3 is 6.09 Å². The van der Waals surface area contributed by atoms with Crippen molar-refractivity contribution in [3.63, 3.8) is 0 Å². The summed E-state index contributed by atoms with van der Waals surface area (Å²) in [6.45, 7) is 5.49. The molecule has 0 saturated carbocycles. The monoisotopic (exact) mass is 326 g/mol. The van der Waals surface area contributed by atoms with E-state index >= 15 is 0 Å². The van der Waals surface area contributed by atoms with Crippen molar-refractivity contribution in [3.8, 4) is 0 Å². The molecule has 2 rings (SSSR count). The summed E-state index contributed by atoms with van der Waals surface area (Å²) in [7, 11) is 0. The van der Waals surface area contributed by atoms with Crippen molar-refractivity contribution in [2.75, 3.05) is 26.2 Å². The van der Waals surface area contributed by atoms with Gasteiger partial charge in [0.2, 0.25) is 5.91 Å². The molecule has 1 saturated heterocycles. The molecule has 2 amide bonds. The first-order valence-electron chi connectivity index (χ1n) is 7.28. The Morgan fingerprint density at radius 2 is 2.30 bits per heavy atom. The zero-order valence-corrected chi connectivity index (χ0v) is 13.3. The van der Waals surface area contributed by atoms with Crippen LogP contribution >= 0.6 is 0 Å². The Labute approximate surface area is 134 Å². The largest absolute Gasteiger partial charge is 0.483 e. The summed E-state index contributed by atoms with van der Waals surface area (Å²) in [5.41, 5.74) is 0. The maximum Gasteiger partial charge on any atom is 0.409 e. The Bertz CT molecular complexity index is 531. The number of rotatable bonds is 5. The maximum atomic E-state index is 12.0. The number of imidazole rings is 1. The molecule has 1 aromatic rings. The molecular weight excluding hydrogens is 304 g/mol. The fourth-order valence-electron chi connectivity index (χ4n) is 2.19. The Kier molecular flexibility index (Phi) is 7.58. The summed E-state index contributed by atoms with van der Waals surface area (Å²) >= 11 is 0. The molecule has 0 bridgehead atoms. The minimum atomic E-state index is -0.314. The molecule has 1 unspecified atom stereocenters. The Morgan fingerprint density at radius 1 is 1.61 bits per heavy atom. The lowest BCUT2D eigenvalue weighted by Gasteiger charge is -2.26. The van der Waals surface area contributed by atoms with Crippen LogP contribution in [-0.4, -0.2) is 64.3 Å². The number of ether oxygens (including phenoxy) is 1. The highest BCUT2D eigenvalue weighted by Gasteiger charge is 2.20. The van der Waals surface area contributed by atoms with Gasteiger partial charge < -0.3 is 24.6 Å². The molecule has 2 N–H and O–H groups in total. The molecule has 1 atom stereocenters. The number of aryl methyl sites for hydroxylation is 1. The standard InChI is InChI=1S/C13H20N4O3.CH2O2/c1-10(17-8-5-14-11(17)2)12(18)15-4-7-16-6-3-9-20-13(16)19;2-1-3/h5,8,10H,3-4,6-7,9H2,1-2H3,(H,15,18);1H,(H,2,3). The zero-order chi connectivity index (χ0) is 17.2. The predicted molar refractivity (Wildman–Crippen MR) is 80.9 cm³/mol. The molecule has 0 radical (unpaired) electrons. The van der Waals surface area contributed by atoms with Crippen molar-refractivity contribution in [2.24, 2.45) is 0 Å². The number of nitrogens with one attached hydrogen (secondary N) is 1. The second-order valence-electron chi connectivity index (χ2n) is 4.91. The summed E-state index contributed by atoms with van der Waals surface area (Å²) in [5.74, 6) is 0.712. The summed E-state index contributed by atoms with van der Waals surface area (Å²) in [6.07, 6.45) is 3.98. The first kappa shape index (κ1) is 18.5. The van der Waals surface area contributed by atoms with Crippen LogP contribution < -0.4 is 5.32 Å². The summed E-state index contributed by atoms with van der Waals surface area (Å²) in [5, 5.41) is 9.72. The molecule has 128 valence electrons. The first-order chi connectivity index (χ1) is 11.0. The molecule has 1 aliphatic rings. The topological polar surface area (TPSA) is 114 Å². The van der Waals surface area contributed by atoms with Crippen LogP contribution in [0.5, 0.6) is 0 Å². The predicted octanol–water partition coefficient (Wildman–Crippen LogP) is 0.412. The van der Waals surface area contributed by atoms with Crippen LogP contribution in [0.4, 0.5) is 4.79 Å². The van der Waals surface area contributed by atoms with E-state index in [9.17, 15) is 9.59 Å². The molecule has 1 aromatic heterocycles. The van der Waals surface area contributed by atoms with Gasteiger partial charge in [0, 0.05) is 32.0 Å². The third-order valence-electron chi connectivity index (χ3n) is 3.40. The van der Waals surface area contributed by atoms with Crippen molar-refractivity contribution >= 4 is 18.5 Å². The van der Waals surface area contributed by atoms with Crippen molar-refractivity contribution in [3.05, 3.63) is 18.2 Å². The average Bonchev–Trinajstić information content (AvgIpc) is 2.95. The van der Waals surface area contributed by atoms with Crippen LogP contribution in [-0.2, 0) is 14.3 Å². The SMILES string of the molecule is Cc1nccn1C(C)C(=O)NCCN1CCCOC1=O.O=CO. The minimum absolute atomic E-state index is 0.0866.